The normalized spacial score (nSPS) is 27.4. The molecule has 0 spiro atoms. The van der Waals surface area contributed by atoms with Crippen LogP contribution < -0.4 is 11.1 Å². The second kappa shape index (κ2) is 4.39. The van der Waals surface area contributed by atoms with E-state index in [2.05, 4.69) is 22.2 Å². The van der Waals surface area contributed by atoms with Gasteiger partial charge < -0.3 is 15.8 Å². The van der Waals surface area contributed by atoms with Crippen LogP contribution in [0.1, 0.15) is 43.5 Å². The second-order valence-electron chi connectivity index (χ2n) is 5.33. The molecule has 5 heteroatoms. The minimum Gasteiger partial charge on any atom is -0.383 e. The lowest BCUT2D eigenvalue weighted by Gasteiger charge is -2.19. The summed E-state index contributed by atoms with van der Waals surface area (Å²) < 4.78 is 5.56. The van der Waals surface area contributed by atoms with Crippen LogP contribution in [0.4, 0.5) is 11.6 Å². The third-order valence-electron chi connectivity index (χ3n) is 3.84. The van der Waals surface area contributed by atoms with Gasteiger partial charge in [-0.1, -0.05) is 0 Å². The van der Waals surface area contributed by atoms with Crippen molar-refractivity contribution >= 4 is 11.6 Å². The van der Waals surface area contributed by atoms with Gasteiger partial charge in [-0.2, -0.15) is 0 Å². The SMILES string of the molecule is Cc1c(N)nc(C2CC2)nc1NC1CCOC1C. The molecule has 3 rings (SSSR count). The molecule has 0 bridgehead atoms. The summed E-state index contributed by atoms with van der Waals surface area (Å²) in [5.74, 6) is 2.89. The van der Waals surface area contributed by atoms with Crippen molar-refractivity contribution in [2.45, 2.75) is 51.2 Å². The topological polar surface area (TPSA) is 73.1 Å². The summed E-state index contributed by atoms with van der Waals surface area (Å²) >= 11 is 0. The molecule has 2 fully saturated rings. The van der Waals surface area contributed by atoms with Crippen LogP contribution in [0, 0.1) is 6.92 Å². The molecule has 0 radical (unpaired) electrons. The van der Waals surface area contributed by atoms with Crippen LogP contribution in [0.5, 0.6) is 0 Å². The average Bonchev–Trinajstić information content (AvgIpc) is 3.11. The zero-order valence-corrected chi connectivity index (χ0v) is 10.9. The van der Waals surface area contributed by atoms with E-state index in [0.717, 1.165) is 30.2 Å². The number of anilines is 2. The van der Waals surface area contributed by atoms with Gasteiger partial charge in [0.15, 0.2) is 0 Å². The van der Waals surface area contributed by atoms with Crippen molar-refractivity contribution in [1.29, 1.82) is 0 Å². The van der Waals surface area contributed by atoms with E-state index in [1.54, 1.807) is 0 Å². The molecular formula is C13H20N4O. The lowest BCUT2D eigenvalue weighted by molar-refractivity contribution is 0.121. The first-order valence-corrected chi connectivity index (χ1v) is 6.67. The van der Waals surface area contributed by atoms with Crippen LogP contribution in [0.3, 0.4) is 0 Å². The van der Waals surface area contributed by atoms with E-state index in [0.29, 0.717) is 17.8 Å². The van der Waals surface area contributed by atoms with Crippen molar-refractivity contribution < 1.29 is 4.74 Å². The molecule has 2 aliphatic rings. The van der Waals surface area contributed by atoms with Gasteiger partial charge in [0.2, 0.25) is 0 Å². The van der Waals surface area contributed by atoms with Crippen molar-refractivity contribution in [3.8, 4) is 0 Å². The summed E-state index contributed by atoms with van der Waals surface area (Å²) in [4.78, 5) is 9.02. The summed E-state index contributed by atoms with van der Waals surface area (Å²) in [6, 6.07) is 0.324. The smallest absolute Gasteiger partial charge is 0.136 e. The fraction of sp³-hybridized carbons (Fsp3) is 0.692. The van der Waals surface area contributed by atoms with Gasteiger partial charge in [-0.15, -0.1) is 0 Å². The van der Waals surface area contributed by atoms with Crippen LogP contribution in [0.2, 0.25) is 0 Å². The molecule has 1 aliphatic carbocycles. The van der Waals surface area contributed by atoms with Crippen molar-refractivity contribution in [1.82, 2.24) is 9.97 Å². The van der Waals surface area contributed by atoms with Crippen molar-refractivity contribution in [3.05, 3.63) is 11.4 Å². The first-order valence-electron chi connectivity index (χ1n) is 6.67. The Bertz CT molecular complexity index is 459. The highest BCUT2D eigenvalue weighted by Crippen LogP contribution is 2.39. The van der Waals surface area contributed by atoms with Crippen LogP contribution in [-0.4, -0.2) is 28.7 Å². The number of hydrogen-bond donors (Lipinski definition) is 2. The largest absolute Gasteiger partial charge is 0.383 e. The van der Waals surface area contributed by atoms with Gasteiger partial charge in [-0.3, -0.25) is 0 Å². The highest BCUT2D eigenvalue weighted by atomic mass is 16.5. The van der Waals surface area contributed by atoms with E-state index < -0.39 is 0 Å². The van der Waals surface area contributed by atoms with Gasteiger partial charge in [-0.05, 0) is 33.1 Å². The summed E-state index contributed by atoms with van der Waals surface area (Å²) in [5.41, 5.74) is 6.92. The van der Waals surface area contributed by atoms with E-state index in [9.17, 15) is 0 Å². The second-order valence-corrected chi connectivity index (χ2v) is 5.33. The third-order valence-corrected chi connectivity index (χ3v) is 3.84. The molecule has 1 aliphatic heterocycles. The first kappa shape index (κ1) is 11.7. The number of nitrogens with two attached hydrogens (primary N) is 1. The Morgan fingerprint density at radius 1 is 1.28 bits per heavy atom. The zero-order valence-electron chi connectivity index (χ0n) is 10.9. The van der Waals surface area contributed by atoms with E-state index in [1.807, 2.05) is 6.92 Å². The molecule has 0 amide bonds. The van der Waals surface area contributed by atoms with Gasteiger partial charge in [0, 0.05) is 18.1 Å². The standard InChI is InChI=1S/C13H20N4O/c1-7-11(14)16-13(9-3-4-9)17-12(7)15-10-5-6-18-8(10)2/h8-10H,3-6H2,1-2H3,(H3,14,15,16,17). The number of nitrogens with one attached hydrogen (secondary N) is 1. The van der Waals surface area contributed by atoms with Crippen LogP contribution in [0.25, 0.3) is 0 Å². The molecule has 1 saturated carbocycles. The Morgan fingerprint density at radius 2 is 2.06 bits per heavy atom. The maximum absolute atomic E-state index is 5.97. The fourth-order valence-electron chi connectivity index (χ4n) is 2.31. The van der Waals surface area contributed by atoms with E-state index in [4.69, 9.17) is 10.5 Å². The Labute approximate surface area is 107 Å². The number of hydrogen-bond acceptors (Lipinski definition) is 5. The monoisotopic (exact) mass is 248 g/mol. The number of nitrogens with zero attached hydrogens (tertiary/aromatic N) is 2. The van der Waals surface area contributed by atoms with Crippen molar-refractivity contribution in [3.63, 3.8) is 0 Å². The lowest BCUT2D eigenvalue weighted by Crippen LogP contribution is -2.28. The van der Waals surface area contributed by atoms with Gasteiger partial charge in [0.25, 0.3) is 0 Å². The van der Waals surface area contributed by atoms with Gasteiger partial charge >= 0.3 is 0 Å². The minimum atomic E-state index is 0.227. The van der Waals surface area contributed by atoms with Crippen LogP contribution in [0.15, 0.2) is 0 Å². The maximum atomic E-state index is 5.97. The molecule has 5 nitrogen and oxygen atoms in total. The first-order chi connectivity index (χ1) is 8.65. The fourth-order valence-corrected chi connectivity index (χ4v) is 2.31. The van der Waals surface area contributed by atoms with E-state index in [-0.39, 0.29) is 6.10 Å². The molecule has 98 valence electrons. The Balaban J connectivity index is 1.85. The summed E-state index contributed by atoms with van der Waals surface area (Å²) in [5, 5.41) is 3.47. The van der Waals surface area contributed by atoms with Crippen molar-refractivity contribution in [2.24, 2.45) is 0 Å². The number of aromatic nitrogens is 2. The lowest BCUT2D eigenvalue weighted by atomic mass is 10.1. The van der Waals surface area contributed by atoms with Gasteiger partial charge in [-0.25, -0.2) is 9.97 Å². The number of ether oxygens (including phenoxy) is 1. The van der Waals surface area contributed by atoms with Crippen molar-refractivity contribution in [2.75, 3.05) is 17.7 Å². The molecule has 1 aromatic heterocycles. The Hall–Kier alpha value is -1.36. The number of nitrogen functional groups attached to an aromatic ring is 1. The zero-order chi connectivity index (χ0) is 12.7. The van der Waals surface area contributed by atoms with Crippen LogP contribution in [-0.2, 0) is 4.74 Å². The Kier molecular flexibility index (Phi) is 2.86. The molecule has 18 heavy (non-hydrogen) atoms. The predicted molar refractivity (Wildman–Crippen MR) is 70.6 cm³/mol. The molecule has 1 saturated heterocycles. The van der Waals surface area contributed by atoms with E-state index >= 15 is 0 Å². The average molecular weight is 248 g/mol. The Morgan fingerprint density at radius 3 is 2.67 bits per heavy atom. The maximum Gasteiger partial charge on any atom is 0.136 e. The van der Waals surface area contributed by atoms with E-state index in [1.165, 1.54) is 12.8 Å². The molecule has 2 heterocycles. The third kappa shape index (κ3) is 2.14. The summed E-state index contributed by atoms with van der Waals surface area (Å²) in [6.45, 7) is 4.87. The minimum absolute atomic E-state index is 0.227. The molecule has 2 atom stereocenters. The predicted octanol–water partition coefficient (Wildman–Crippen LogP) is 1.83. The van der Waals surface area contributed by atoms with Gasteiger partial charge in [0.1, 0.15) is 17.5 Å². The molecule has 3 N–H and O–H groups in total. The van der Waals surface area contributed by atoms with Crippen LogP contribution >= 0.6 is 0 Å². The molecule has 0 aromatic carbocycles. The highest BCUT2D eigenvalue weighted by molar-refractivity contribution is 5.55. The molecular weight excluding hydrogens is 228 g/mol. The summed E-state index contributed by atoms with van der Waals surface area (Å²) in [6.07, 6.45) is 3.61. The summed E-state index contributed by atoms with van der Waals surface area (Å²) in [7, 11) is 0. The van der Waals surface area contributed by atoms with Gasteiger partial charge in [0.05, 0.1) is 12.1 Å². The number of rotatable bonds is 3. The quantitative estimate of drug-likeness (QED) is 0.853. The molecule has 2 unspecified atom stereocenters. The highest BCUT2D eigenvalue weighted by Gasteiger charge is 2.29. The molecule has 1 aromatic rings.